The second-order valence-corrected chi connectivity index (χ2v) is 7.26. The van der Waals surface area contributed by atoms with Gasteiger partial charge in [0.05, 0.1) is 12.2 Å². The summed E-state index contributed by atoms with van der Waals surface area (Å²) in [5, 5.41) is 6.92. The van der Waals surface area contributed by atoms with Crippen LogP contribution in [0.4, 0.5) is 4.79 Å². The number of nitrogens with one attached hydrogen (secondary N) is 1. The lowest BCUT2D eigenvalue weighted by atomic mass is 10.3. The average molecular weight is 360 g/mol. The Balaban J connectivity index is 1.32. The number of benzene rings is 1. The molecule has 1 aliphatic rings. The zero-order chi connectivity index (χ0) is 17.5. The Morgan fingerprint density at radius 1 is 1.24 bits per heavy atom. The van der Waals surface area contributed by atoms with E-state index in [1.165, 1.54) is 4.90 Å². The summed E-state index contributed by atoms with van der Waals surface area (Å²) in [6.07, 6.45) is 0. The Labute approximate surface area is 152 Å². The monoisotopic (exact) mass is 360 g/mol. The highest BCUT2D eigenvalue weighted by atomic mass is 32.2. The molecule has 0 bridgehead atoms. The van der Waals surface area contributed by atoms with Crippen molar-refractivity contribution < 1.29 is 9.32 Å². The number of carbonyl (C=O) groups excluding carboxylic acids is 1. The van der Waals surface area contributed by atoms with Gasteiger partial charge in [0.15, 0.2) is 5.76 Å². The van der Waals surface area contributed by atoms with Gasteiger partial charge in [0.25, 0.3) is 0 Å². The molecule has 134 valence electrons. The Morgan fingerprint density at radius 2 is 2.00 bits per heavy atom. The topological polar surface area (TPSA) is 61.6 Å². The molecule has 0 radical (unpaired) electrons. The maximum absolute atomic E-state index is 12.2. The maximum Gasteiger partial charge on any atom is 0.317 e. The summed E-state index contributed by atoms with van der Waals surface area (Å²) in [6.45, 7) is 6.54. The number of thioether (sulfide) groups is 1. The zero-order valence-electron chi connectivity index (χ0n) is 14.5. The minimum atomic E-state index is 0.0313. The summed E-state index contributed by atoms with van der Waals surface area (Å²) in [4.78, 5) is 17.6. The summed E-state index contributed by atoms with van der Waals surface area (Å²) >= 11 is 1.75. The first-order valence-electron chi connectivity index (χ1n) is 8.56. The second kappa shape index (κ2) is 8.92. The Hall–Kier alpha value is -1.99. The normalized spacial score (nSPS) is 15.3. The molecule has 1 N–H and O–H groups in total. The van der Waals surface area contributed by atoms with Gasteiger partial charge in [-0.05, 0) is 19.1 Å². The van der Waals surface area contributed by atoms with E-state index in [-0.39, 0.29) is 6.03 Å². The van der Waals surface area contributed by atoms with Gasteiger partial charge in [0, 0.05) is 49.4 Å². The van der Waals surface area contributed by atoms with Crippen molar-refractivity contribution in [2.45, 2.75) is 18.4 Å². The van der Waals surface area contributed by atoms with Crippen LogP contribution in [0.5, 0.6) is 0 Å². The first-order valence-corrected chi connectivity index (χ1v) is 9.54. The molecule has 2 heterocycles. The van der Waals surface area contributed by atoms with Crippen LogP contribution in [0.15, 0.2) is 45.8 Å². The summed E-state index contributed by atoms with van der Waals surface area (Å²) in [5.41, 5.74) is 0.904. The van der Waals surface area contributed by atoms with Crippen molar-refractivity contribution >= 4 is 17.8 Å². The standard InChI is InChI=1S/C18H24N4O2S/c1-15-13-16(24-20-15)14-21-8-10-22(11-9-21)18(23)19-7-12-25-17-5-3-2-4-6-17/h2-6,13H,7-12,14H2,1H3,(H,19,23). The zero-order valence-corrected chi connectivity index (χ0v) is 15.3. The molecule has 1 aromatic carbocycles. The molecule has 3 rings (SSSR count). The number of rotatable bonds is 6. The fourth-order valence-corrected chi connectivity index (χ4v) is 3.57. The molecule has 6 nitrogen and oxygen atoms in total. The van der Waals surface area contributed by atoms with Gasteiger partial charge in [-0.25, -0.2) is 4.79 Å². The maximum atomic E-state index is 12.2. The van der Waals surface area contributed by atoms with Gasteiger partial charge in [0.2, 0.25) is 0 Å². The molecule has 7 heteroatoms. The fraction of sp³-hybridized carbons (Fsp3) is 0.444. The van der Waals surface area contributed by atoms with Crippen LogP contribution in [0.2, 0.25) is 0 Å². The molecule has 0 spiro atoms. The summed E-state index contributed by atoms with van der Waals surface area (Å²) in [5.74, 6) is 1.76. The molecule has 0 atom stereocenters. The van der Waals surface area contributed by atoms with Crippen LogP contribution < -0.4 is 5.32 Å². The van der Waals surface area contributed by atoms with E-state index in [1.54, 1.807) is 11.8 Å². The third-order valence-electron chi connectivity index (χ3n) is 4.11. The minimum absolute atomic E-state index is 0.0313. The summed E-state index contributed by atoms with van der Waals surface area (Å²) in [6, 6.07) is 12.2. The number of piperazine rings is 1. The molecular formula is C18H24N4O2S. The van der Waals surface area contributed by atoms with Gasteiger partial charge in [-0.15, -0.1) is 11.8 Å². The van der Waals surface area contributed by atoms with E-state index >= 15 is 0 Å². The molecule has 25 heavy (non-hydrogen) atoms. The average Bonchev–Trinajstić information content (AvgIpc) is 3.05. The first-order chi connectivity index (χ1) is 12.2. The Bertz CT molecular complexity index is 669. The molecule has 1 fully saturated rings. The van der Waals surface area contributed by atoms with E-state index in [1.807, 2.05) is 36.1 Å². The van der Waals surface area contributed by atoms with E-state index in [0.29, 0.717) is 6.54 Å². The molecule has 2 aromatic rings. The van der Waals surface area contributed by atoms with E-state index in [4.69, 9.17) is 4.52 Å². The number of aromatic nitrogens is 1. The third kappa shape index (κ3) is 5.51. The summed E-state index contributed by atoms with van der Waals surface area (Å²) < 4.78 is 5.26. The largest absolute Gasteiger partial charge is 0.360 e. The van der Waals surface area contributed by atoms with Crippen LogP contribution in [0.3, 0.4) is 0 Å². The van der Waals surface area contributed by atoms with Gasteiger partial charge in [-0.2, -0.15) is 0 Å². The van der Waals surface area contributed by atoms with Crippen LogP contribution in [0.1, 0.15) is 11.5 Å². The van der Waals surface area contributed by atoms with Crippen LogP contribution in [-0.4, -0.2) is 59.5 Å². The molecule has 1 aromatic heterocycles. The van der Waals surface area contributed by atoms with E-state index in [2.05, 4.69) is 27.5 Å². The highest BCUT2D eigenvalue weighted by Gasteiger charge is 2.21. The third-order valence-corrected chi connectivity index (χ3v) is 5.12. The number of aryl methyl sites for hydroxylation is 1. The van der Waals surface area contributed by atoms with E-state index in [0.717, 1.165) is 49.9 Å². The van der Waals surface area contributed by atoms with Crippen molar-refractivity contribution in [3.05, 3.63) is 47.9 Å². The second-order valence-electron chi connectivity index (χ2n) is 6.09. The van der Waals surface area contributed by atoms with Crippen molar-refractivity contribution in [1.29, 1.82) is 0 Å². The quantitative estimate of drug-likeness (QED) is 0.634. The van der Waals surface area contributed by atoms with Crippen LogP contribution >= 0.6 is 11.8 Å². The predicted octanol–water partition coefficient (Wildman–Crippen LogP) is 2.60. The molecule has 1 aliphatic heterocycles. The minimum Gasteiger partial charge on any atom is -0.360 e. The molecule has 1 saturated heterocycles. The number of hydrogen-bond acceptors (Lipinski definition) is 5. The lowest BCUT2D eigenvalue weighted by Crippen LogP contribution is -2.51. The molecule has 0 saturated carbocycles. The molecule has 0 unspecified atom stereocenters. The summed E-state index contributed by atoms with van der Waals surface area (Å²) in [7, 11) is 0. The van der Waals surface area contributed by atoms with Crippen molar-refractivity contribution in [3.63, 3.8) is 0 Å². The smallest absolute Gasteiger partial charge is 0.317 e. The van der Waals surface area contributed by atoms with Gasteiger partial charge in [0.1, 0.15) is 0 Å². The number of amides is 2. The van der Waals surface area contributed by atoms with Crippen molar-refractivity contribution in [2.24, 2.45) is 0 Å². The SMILES string of the molecule is Cc1cc(CN2CCN(C(=O)NCCSc3ccccc3)CC2)on1. The fourth-order valence-electron chi connectivity index (χ4n) is 2.78. The van der Waals surface area contributed by atoms with Gasteiger partial charge in [-0.1, -0.05) is 23.4 Å². The highest BCUT2D eigenvalue weighted by molar-refractivity contribution is 7.99. The lowest BCUT2D eigenvalue weighted by Gasteiger charge is -2.34. The van der Waals surface area contributed by atoms with Crippen LogP contribution in [0.25, 0.3) is 0 Å². The number of urea groups is 1. The van der Waals surface area contributed by atoms with Gasteiger partial charge in [-0.3, -0.25) is 4.90 Å². The number of hydrogen-bond donors (Lipinski definition) is 1. The van der Waals surface area contributed by atoms with E-state index in [9.17, 15) is 4.79 Å². The van der Waals surface area contributed by atoms with E-state index < -0.39 is 0 Å². The van der Waals surface area contributed by atoms with Crippen LogP contribution in [-0.2, 0) is 6.54 Å². The molecule has 2 amide bonds. The highest BCUT2D eigenvalue weighted by Crippen LogP contribution is 2.16. The lowest BCUT2D eigenvalue weighted by molar-refractivity contribution is 0.128. The first kappa shape index (κ1) is 17.8. The Kier molecular flexibility index (Phi) is 6.36. The molecular weight excluding hydrogens is 336 g/mol. The van der Waals surface area contributed by atoms with Crippen molar-refractivity contribution in [2.75, 3.05) is 38.5 Å². The molecule has 0 aliphatic carbocycles. The number of carbonyl (C=O) groups is 1. The predicted molar refractivity (Wildman–Crippen MR) is 98.7 cm³/mol. The van der Waals surface area contributed by atoms with Crippen molar-refractivity contribution in [1.82, 2.24) is 20.3 Å². The van der Waals surface area contributed by atoms with Crippen molar-refractivity contribution in [3.8, 4) is 0 Å². The van der Waals surface area contributed by atoms with Crippen LogP contribution in [0, 0.1) is 6.92 Å². The van der Waals surface area contributed by atoms with Gasteiger partial charge >= 0.3 is 6.03 Å². The van der Waals surface area contributed by atoms with Gasteiger partial charge < -0.3 is 14.7 Å². The Morgan fingerprint density at radius 3 is 2.68 bits per heavy atom. The number of nitrogens with zero attached hydrogens (tertiary/aromatic N) is 3.